The van der Waals surface area contributed by atoms with Crippen LogP contribution in [0.3, 0.4) is 0 Å². The van der Waals surface area contributed by atoms with Crippen LogP contribution in [0.5, 0.6) is 0 Å². The van der Waals surface area contributed by atoms with Crippen LogP contribution in [0.2, 0.25) is 10.0 Å². The standard InChI is InChI=1S/C29H28Cl2FN3O3S/c30-20-2-1-3-21(31)24(20)25-19(27(38-35-25)15-4-5-15)13-37-18-10-16-6-7-17(11-18)29(16,36)28-34-26-22(32)8-14(12-33)9-23(26)39-28/h1-3,8-9,15-18,36H,4-7,10-13,33H2/t16-,17+,18+,29-. The molecule has 4 atom stereocenters. The highest BCUT2D eigenvalue weighted by Gasteiger charge is 2.56. The minimum absolute atomic E-state index is 0.0123. The zero-order chi connectivity index (χ0) is 26.9. The number of fused-ring (bicyclic) bond motifs is 3. The second-order valence-corrected chi connectivity index (χ2v) is 12.9. The second-order valence-electron chi connectivity index (χ2n) is 11.1. The number of benzene rings is 2. The summed E-state index contributed by atoms with van der Waals surface area (Å²) >= 11 is 14.4. The van der Waals surface area contributed by atoms with E-state index in [9.17, 15) is 9.50 Å². The molecule has 3 saturated carbocycles. The third-order valence-corrected chi connectivity index (χ3v) is 10.5. The molecule has 0 spiro atoms. The van der Waals surface area contributed by atoms with Crippen molar-refractivity contribution in [2.45, 2.75) is 69.3 Å². The first-order valence-electron chi connectivity index (χ1n) is 13.4. The van der Waals surface area contributed by atoms with Gasteiger partial charge >= 0.3 is 0 Å². The van der Waals surface area contributed by atoms with Crippen LogP contribution in [0.25, 0.3) is 21.5 Å². The maximum absolute atomic E-state index is 14.7. The van der Waals surface area contributed by atoms with Gasteiger partial charge in [-0.15, -0.1) is 11.3 Å². The summed E-state index contributed by atoms with van der Waals surface area (Å²) in [4.78, 5) is 4.60. The normalized spacial score (nSPS) is 26.5. The molecule has 10 heteroatoms. The van der Waals surface area contributed by atoms with Gasteiger partial charge in [0, 0.05) is 23.6 Å². The number of aliphatic hydroxyl groups is 1. The molecular formula is C29H28Cl2FN3O3S. The summed E-state index contributed by atoms with van der Waals surface area (Å²) in [7, 11) is 0. The molecule has 7 rings (SSSR count). The van der Waals surface area contributed by atoms with Crippen molar-refractivity contribution in [2.24, 2.45) is 17.6 Å². The summed E-state index contributed by atoms with van der Waals surface area (Å²) in [5.74, 6) is 0.782. The van der Waals surface area contributed by atoms with Crippen molar-refractivity contribution in [3.05, 3.63) is 68.1 Å². The first-order valence-corrected chi connectivity index (χ1v) is 15.0. The summed E-state index contributed by atoms with van der Waals surface area (Å²) in [5.41, 5.74) is 7.89. The number of hydrogen-bond acceptors (Lipinski definition) is 7. The maximum Gasteiger partial charge on any atom is 0.150 e. The predicted molar refractivity (Wildman–Crippen MR) is 149 cm³/mol. The van der Waals surface area contributed by atoms with Gasteiger partial charge < -0.3 is 20.1 Å². The van der Waals surface area contributed by atoms with Gasteiger partial charge in [0.15, 0.2) is 5.82 Å². The van der Waals surface area contributed by atoms with Gasteiger partial charge in [0.1, 0.15) is 27.6 Å². The Morgan fingerprint density at radius 1 is 1.13 bits per heavy atom. The molecule has 0 aliphatic heterocycles. The Bertz CT molecular complexity index is 1530. The molecule has 0 unspecified atom stereocenters. The van der Waals surface area contributed by atoms with Crippen LogP contribution in [0.4, 0.5) is 4.39 Å². The summed E-state index contributed by atoms with van der Waals surface area (Å²) in [6.45, 7) is 0.594. The van der Waals surface area contributed by atoms with E-state index >= 15 is 0 Å². The highest BCUT2D eigenvalue weighted by atomic mass is 35.5. The Balaban J connectivity index is 1.13. The fourth-order valence-corrected chi connectivity index (χ4v) is 8.44. The first kappa shape index (κ1) is 25.9. The van der Waals surface area contributed by atoms with Crippen LogP contribution in [0.1, 0.15) is 66.3 Å². The second kappa shape index (κ2) is 9.79. The molecule has 0 radical (unpaired) electrons. The molecular weight excluding hydrogens is 560 g/mol. The average molecular weight is 589 g/mol. The third kappa shape index (κ3) is 4.31. The van der Waals surface area contributed by atoms with Gasteiger partial charge in [-0.1, -0.05) is 34.4 Å². The van der Waals surface area contributed by atoms with Gasteiger partial charge in [-0.2, -0.15) is 0 Å². The summed E-state index contributed by atoms with van der Waals surface area (Å²) in [6, 6.07) is 8.70. The fourth-order valence-electron chi connectivity index (χ4n) is 6.57. The number of thiazole rings is 1. The van der Waals surface area contributed by atoms with E-state index in [1.54, 1.807) is 12.1 Å². The van der Waals surface area contributed by atoms with Gasteiger partial charge in [-0.25, -0.2) is 9.37 Å². The monoisotopic (exact) mass is 587 g/mol. The van der Waals surface area contributed by atoms with E-state index < -0.39 is 11.4 Å². The van der Waals surface area contributed by atoms with Gasteiger partial charge in [-0.05, 0) is 80.2 Å². The lowest BCUT2D eigenvalue weighted by Crippen LogP contribution is -2.44. The Morgan fingerprint density at radius 3 is 2.51 bits per heavy atom. The fraction of sp³-hybridized carbons (Fsp3) is 0.448. The highest BCUT2D eigenvalue weighted by Crippen LogP contribution is 2.57. The topological polar surface area (TPSA) is 94.4 Å². The van der Waals surface area contributed by atoms with Crippen molar-refractivity contribution in [3.63, 3.8) is 0 Å². The van der Waals surface area contributed by atoms with Gasteiger partial charge in [-0.3, -0.25) is 0 Å². The van der Waals surface area contributed by atoms with E-state index in [1.807, 2.05) is 12.1 Å². The lowest BCUT2D eigenvalue weighted by molar-refractivity contribution is -0.116. The third-order valence-electron chi connectivity index (χ3n) is 8.72. The van der Waals surface area contributed by atoms with E-state index in [-0.39, 0.29) is 24.5 Å². The molecule has 3 N–H and O–H groups in total. The summed E-state index contributed by atoms with van der Waals surface area (Å²) < 4.78 is 27.7. The number of halogens is 3. The minimum atomic E-state index is -1.08. The van der Waals surface area contributed by atoms with Gasteiger partial charge in [0.2, 0.25) is 0 Å². The molecule has 6 nitrogen and oxygen atoms in total. The van der Waals surface area contributed by atoms with E-state index in [0.29, 0.717) is 57.2 Å². The first-order chi connectivity index (χ1) is 18.9. The Hall–Kier alpha value is -2.07. The maximum atomic E-state index is 14.7. The van der Waals surface area contributed by atoms with E-state index in [1.165, 1.54) is 17.4 Å². The molecule has 2 aromatic carbocycles. The Morgan fingerprint density at radius 2 is 1.85 bits per heavy atom. The number of rotatable bonds is 7. The predicted octanol–water partition coefficient (Wildman–Crippen LogP) is 7.33. The molecule has 2 bridgehead atoms. The average Bonchev–Trinajstić information content (AvgIpc) is 3.49. The van der Waals surface area contributed by atoms with E-state index in [0.717, 1.165) is 47.3 Å². The van der Waals surface area contributed by atoms with Crippen LogP contribution in [-0.4, -0.2) is 21.4 Å². The number of nitrogens with zero attached hydrogens (tertiary/aromatic N) is 2. The summed E-state index contributed by atoms with van der Waals surface area (Å²) in [5, 5.41) is 18.0. The lowest BCUT2D eigenvalue weighted by Gasteiger charge is -2.41. The van der Waals surface area contributed by atoms with E-state index in [2.05, 4.69) is 10.1 Å². The smallest absolute Gasteiger partial charge is 0.150 e. The van der Waals surface area contributed by atoms with Crippen molar-refractivity contribution in [1.29, 1.82) is 0 Å². The molecule has 2 heterocycles. The molecule has 204 valence electrons. The SMILES string of the molecule is NCc1cc(F)c2nc([C@@]3(O)[C@@H]4CC[C@H]3C[C@@H](OCc3c(-c5c(Cl)cccc5Cl)noc3C3CC3)C4)sc2c1. The van der Waals surface area contributed by atoms with Crippen molar-refractivity contribution >= 4 is 44.8 Å². The highest BCUT2D eigenvalue weighted by molar-refractivity contribution is 7.18. The largest absolute Gasteiger partial charge is 0.382 e. The van der Waals surface area contributed by atoms with Crippen LogP contribution in [0, 0.1) is 17.7 Å². The molecule has 0 amide bonds. The summed E-state index contributed by atoms with van der Waals surface area (Å²) in [6.07, 6.45) is 5.26. The van der Waals surface area contributed by atoms with Gasteiger partial charge in [0.25, 0.3) is 0 Å². The molecule has 0 saturated heterocycles. The molecule has 2 aromatic heterocycles. The number of ether oxygens (including phenoxy) is 1. The Kier molecular flexibility index (Phi) is 6.49. The zero-order valence-corrected chi connectivity index (χ0v) is 23.5. The molecule has 39 heavy (non-hydrogen) atoms. The number of hydrogen-bond donors (Lipinski definition) is 2. The van der Waals surface area contributed by atoms with Crippen molar-refractivity contribution in [2.75, 3.05) is 0 Å². The number of aromatic nitrogens is 2. The molecule has 4 aromatic rings. The molecule has 3 aliphatic rings. The molecule has 3 fully saturated rings. The van der Waals surface area contributed by atoms with Crippen LogP contribution < -0.4 is 5.73 Å². The Labute approximate surface area is 239 Å². The van der Waals surface area contributed by atoms with Crippen LogP contribution in [-0.2, 0) is 23.5 Å². The number of nitrogens with two attached hydrogens (primary N) is 1. The van der Waals surface area contributed by atoms with E-state index in [4.69, 9.17) is 38.2 Å². The zero-order valence-electron chi connectivity index (χ0n) is 21.1. The molecule has 3 aliphatic carbocycles. The van der Waals surface area contributed by atoms with Crippen molar-refractivity contribution < 1.29 is 18.8 Å². The van der Waals surface area contributed by atoms with Crippen molar-refractivity contribution in [1.82, 2.24) is 10.1 Å². The van der Waals surface area contributed by atoms with Crippen LogP contribution >= 0.6 is 34.5 Å². The lowest BCUT2D eigenvalue weighted by atomic mass is 9.73. The van der Waals surface area contributed by atoms with Crippen molar-refractivity contribution in [3.8, 4) is 11.3 Å². The van der Waals surface area contributed by atoms with Crippen LogP contribution in [0.15, 0.2) is 34.9 Å². The van der Waals surface area contributed by atoms with Gasteiger partial charge in [0.05, 0.1) is 27.5 Å². The minimum Gasteiger partial charge on any atom is -0.382 e. The quantitative estimate of drug-likeness (QED) is 0.235.